The van der Waals surface area contributed by atoms with Crippen molar-refractivity contribution in [2.24, 2.45) is 5.14 Å². The van der Waals surface area contributed by atoms with E-state index in [1.807, 2.05) is 0 Å². The molecule has 0 saturated heterocycles. The summed E-state index contributed by atoms with van der Waals surface area (Å²) in [6.45, 7) is 3.96. The maximum atomic E-state index is 14.0. The molecule has 0 amide bonds. The molecule has 2 N–H and O–H groups in total. The third-order valence-corrected chi connectivity index (χ3v) is 5.81. The quantitative estimate of drug-likeness (QED) is 0.536. The highest BCUT2D eigenvalue weighted by atomic mass is 32.2. The van der Waals surface area contributed by atoms with Crippen molar-refractivity contribution < 1.29 is 27.0 Å². The van der Waals surface area contributed by atoms with Gasteiger partial charge in [0.2, 0.25) is 10.0 Å². The fraction of sp³-hybridized carbons (Fsp3) is 0.167. The van der Waals surface area contributed by atoms with Crippen molar-refractivity contribution in [3.05, 3.63) is 89.8 Å². The Labute approximate surface area is 186 Å². The second-order valence-corrected chi connectivity index (χ2v) is 8.97. The summed E-state index contributed by atoms with van der Waals surface area (Å²) in [4.78, 5) is 0. The lowest BCUT2D eigenvalue weighted by molar-refractivity contribution is 0.240. The molecule has 6 nitrogen and oxygen atoms in total. The van der Waals surface area contributed by atoms with Crippen LogP contribution in [0.3, 0.4) is 0 Å². The van der Waals surface area contributed by atoms with Crippen molar-refractivity contribution in [3.63, 3.8) is 0 Å². The summed E-state index contributed by atoms with van der Waals surface area (Å²) in [6, 6.07) is 14.8. The number of nitrogens with two attached hydrogens (primary N) is 1. The van der Waals surface area contributed by atoms with Crippen molar-refractivity contribution in [1.82, 2.24) is 0 Å². The van der Waals surface area contributed by atoms with Crippen LogP contribution in [0.15, 0.2) is 67.3 Å². The summed E-state index contributed by atoms with van der Waals surface area (Å²) in [5.74, 6) is 0.794. The molecule has 0 spiro atoms. The Kier molecular flexibility index (Phi) is 5.90. The van der Waals surface area contributed by atoms with Crippen LogP contribution in [0.2, 0.25) is 0 Å². The van der Waals surface area contributed by atoms with Gasteiger partial charge in [0.25, 0.3) is 0 Å². The van der Waals surface area contributed by atoms with Crippen molar-refractivity contribution in [2.75, 3.05) is 13.7 Å². The number of primary sulfonamides is 1. The van der Waals surface area contributed by atoms with Crippen LogP contribution >= 0.6 is 0 Å². The van der Waals surface area contributed by atoms with E-state index in [0.717, 1.165) is 5.56 Å². The zero-order valence-electron chi connectivity index (χ0n) is 17.4. The van der Waals surface area contributed by atoms with Crippen molar-refractivity contribution in [2.45, 2.75) is 11.9 Å². The van der Waals surface area contributed by atoms with Gasteiger partial charge in [-0.3, -0.25) is 0 Å². The molecule has 0 radical (unpaired) electrons. The Bertz CT molecular complexity index is 1290. The van der Waals surface area contributed by atoms with Crippen LogP contribution in [0.1, 0.15) is 22.8 Å². The van der Waals surface area contributed by atoms with Crippen LogP contribution in [0, 0.1) is 5.82 Å². The first-order valence-corrected chi connectivity index (χ1v) is 11.5. The van der Waals surface area contributed by atoms with E-state index < -0.39 is 21.9 Å². The van der Waals surface area contributed by atoms with Crippen LogP contribution in [-0.4, -0.2) is 22.1 Å². The summed E-state index contributed by atoms with van der Waals surface area (Å²) in [5.41, 5.74) is 3.19. The molecule has 0 saturated carbocycles. The lowest BCUT2D eigenvalue weighted by Gasteiger charge is -2.31. The minimum Gasteiger partial charge on any atom is -0.492 e. The molecular weight excluding hydrogens is 433 g/mol. The zero-order valence-corrected chi connectivity index (χ0v) is 18.2. The van der Waals surface area contributed by atoms with Crippen LogP contribution in [0.5, 0.6) is 17.2 Å². The molecule has 32 heavy (non-hydrogen) atoms. The van der Waals surface area contributed by atoms with Gasteiger partial charge in [0, 0.05) is 5.56 Å². The summed E-state index contributed by atoms with van der Waals surface area (Å²) in [7, 11) is -2.21. The summed E-state index contributed by atoms with van der Waals surface area (Å²) in [6.07, 6.45) is 0.973. The third kappa shape index (κ3) is 4.32. The van der Waals surface area contributed by atoms with Gasteiger partial charge in [-0.2, -0.15) is 0 Å². The van der Waals surface area contributed by atoms with E-state index in [2.05, 4.69) is 6.58 Å². The monoisotopic (exact) mass is 455 g/mol. The standard InChI is InChI=1S/C24H22FNO5S/c1-3-11-30-21-10-9-20-22(24(21)29-2)18-8-7-15(14-32(26,27)28)12-19(18)23(31-20)16-5-4-6-17(25)13-16/h3-10,12-13,23H,1,11,14H2,2H3,(H2,26,27,28). The van der Waals surface area contributed by atoms with Crippen molar-refractivity contribution in [1.29, 1.82) is 0 Å². The Balaban J connectivity index is 1.93. The Morgan fingerprint density at radius 3 is 2.69 bits per heavy atom. The van der Waals surface area contributed by atoms with E-state index in [0.29, 0.717) is 46.1 Å². The minimum absolute atomic E-state index is 0.294. The number of rotatable bonds is 7. The lowest BCUT2D eigenvalue weighted by Crippen LogP contribution is -2.18. The van der Waals surface area contributed by atoms with Crippen LogP contribution in [-0.2, 0) is 15.8 Å². The van der Waals surface area contributed by atoms with E-state index in [1.54, 1.807) is 48.5 Å². The SMILES string of the molecule is C=CCOc1ccc2c(c1OC)-c1ccc(CS(N)(=O)=O)cc1C(c1cccc(F)c1)O2. The molecular formula is C24H22FNO5S. The van der Waals surface area contributed by atoms with Crippen LogP contribution < -0.4 is 19.3 Å². The first-order chi connectivity index (χ1) is 15.3. The normalized spacial score (nSPS) is 14.7. The van der Waals surface area contributed by atoms with Gasteiger partial charge in [-0.05, 0) is 41.0 Å². The minimum atomic E-state index is -3.74. The Morgan fingerprint density at radius 1 is 1.19 bits per heavy atom. The van der Waals surface area contributed by atoms with Gasteiger partial charge in [-0.15, -0.1) is 0 Å². The lowest BCUT2D eigenvalue weighted by atomic mass is 9.88. The number of fused-ring (bicyclic) bond motifs is 3. The number of halogens is 1. The molecule has 1 unspecified atom stereocenters. The molecule has 4 rings (SSSR count). The topological polar surface area (TPSA) is 87.9 Å². The first kappa shape index (κ1) is 21.9. The molecule has 1 heterocycles. The Morgan fingerprint density at radius 2 is 2.00 bits per heavy atom. The highest BCUT2D eigenvalue weighted by Crippen LogP contribution is 2.52. The van der Waals surface area contributed by atoms with E-state index in [-0.39, 0.29) is 5.75 Å². The zero-order chi connectivity index (χ0) is 22.9. The second-order valence-electron chi connectivity index (χ2n) is 7.35. The number of hydrogen-bond acceptors (Lipinski definition) is 5. The average Bonchev–Trinajstić information content (AvgIpc) is 2.75. The molecule has 0 bridgehead atoms. The summed E-state index contributed by atoms with van der Waals surface area (Å²) >= 11 is 0. The molecule has 3 aromatic carbocycles. The first-order valence-electron chi connectivity index (χ1n) is 9.81. The number of hydrogen-bond donors (Lipinski definition) is 1. The molecule has 1 aliphatic heterocycles. The van der Waals surface area contributed by atoms with Gasteiger partial charge in [0.15, 0.2) is 11.5 Å². The highest BCUT2D eigenvalue weighted by molar-refractivity contribution is 7.88. The number of ether oxygens (including phenoxy) is 3. The average molecular weight is 456 g/mol. The molecule has 1 aliphatic rings. The van der Waals surface area contributed by atoms with E-state index in [4.69, 9.17) is 19.3 Å². The van der Waals surface area contributed by atoms with Gasteiger partial charge in [0.1, 0.15) is 24.3 Å². The molecule has 166 valence electrons. The van der Waals surface area contributed by atoms with Gasteiger partial charge in [-0.1, -0.05) is 43.0 Å². The van der Waals surface area contributed by atoms with E-state index in [9.17, 15) is 12.8 Å². The van der Waals surface area contributed by atoms with E-state index in [1.165, 1.54) is 19.2 Å². The number of sulfonamides is 1. The highest BCUT2D eigenvalue weighted by Gasteiger charge is 2.32. The smallest absolute Gasteiger partial charge is 0.213 e. The second kappa shape index (κ2) is 8.64. The van der Waals surface area contributed by atoms with Crippen molar-refractivity contribution in [3.8, 4) is 28.4 Å². The third-order valence-electron chi connectivity index (χ3n) is 5.08. The molecule has 3 aromatic rings. The maximum Gasteiger partial charge on any atom is 0.213 e. The molecule has 1 atom stereocenters. The van der Waals surface area contributed by atoms with Gasteiger partial charge < -0.3 is 14.2 Å². The van der Waals surface area contributed by atoms with Crippen molar-refractivity contribution >= 4 is 10.0 Å². The van der Waals surface area contributed by atoms with Gasteiger partial charge in [-0.25, -0.2) is 17.9 Å². The molecule has 0 aliphatic carbocycles. The number of benzene rings is 3. The Hall–Kier alpha value is -3.36. The fourth-order valence-electron chi connectivity index (χ4n) is 3.85. The predicted octanol–water partition coefficient (Wildman–Crippen LogP) is 4.34. The fourth-order valence-corrected chi connectivity index (χ4v) is 4.49. The van der Waals surface area contributed by atoms with E-state index >= 15 is 0 Å². The predicted molar refractivity (Wildman–Crippen MR) is 120 cm³/mol. The molecule has 0 fully saturated rings. The summed E-state index contributed by atoms with van der Waals surface area (Å²) in [5, 5.41) is 5.24. The van der Waals surface area contributed by atoms with Gasteiger partial charge >= 0.3 is 0 Å². The maximum absolute atomic E-state index is 14.0. The molecule has 0 aromatic heterocycles. The van der Waals surface area contributed by atoms with Crippen LogP contribution in [0.4, 0.5) is 4.39 Å². The largest absolute Gasteiger partial charge is 0.492 e. The van der Waals surface area contributed by atoms with Crippen LogP contribution in [0.25, 0.3) is 11.1 Å². The van der Waals surface area contributed by atoms with Gasteiger partial charge in [0.05, 0.1) is 18.4 Å². The number of methoxy groups -OCH3 is 1. The summed E-state index contributed by atoms with van der Waals surface area (Å²) < 4.78 is 55.0. The molecule has 8 heteroatoms.